The molecule has 0 aliphatic rings. The summed E-state index contributed by atoms with van der Waals surface area (Å²) in [6.07, 6.45) is 6.08. The molecule has 2 atom stereocenters. The zero-order chi connectivity index (χ0) is 9.40. The zero-order valence-corrected chi connectivity index (χ0v) is 8.03. The number of hydrogen-bond acceptors (Lipinski definition) is 2. The zero-order valence-electron chi connectivity index (χ0n) is 8.03. The van der Waals surface area contributed by atoms with Crippen LogP contribution in [-0.4, -0.2) is 22.4 Å². The Morgan fingerprint density at radius 3 is 1.50 bits per heavy atom. The fourth-order valence-corrected chi connectivity index (χ4v) is 1.04. The first kappa shape index (κ1) is 11.7. The molecule has 0 rings (SSSR count). The van der Waals surface area contributed by atoms with Crippen LogP contribution in [-0.2, 0) is 0 Å². The minimum atomic E-state index is -0.387. The normalized spacial score (nSPS) is 16.7. The van der Waals surface area contributed by atoms with E-state index in [0.717, 1.165) is 25.7 Å². The molecule has 0 spiro atoms. The molecule has 2 N–H and O–H groups in total. The molecule has 0 saturated heterocycles. The lowest BCUT2D eigenvalue weighted by Crippen LogP contribution is -2.05. The minimum absolute atomic E-state index is 0.387. The molecule has 0 aliphatic heterocycles. The minimum Gasteiger partial charge on any atom is -0.389 e. The summed E-state index contributed by atoms with van der Waals surface area (Å²) in [5.41, 5.74) is 0. The second-order valence-corrected chi connectivity index (χ2v) is 3.10. The smallest absolute Gasteiger partial charge is 0.0721 e. The van der Waals surface area contributed by atoms with Crippen molar-refractivity contribution in [2.24, 2.45) is 0 Å². The molecule has 0 aromatic carbocycles. The van der Waals surface area contributed by atoms with E-state index in [2.05, 4.69) is 0 Å². The van der Waals surface area contributed by atoms with Crippen molar-refractivity contribution in [3.63, 3.8) is 0 Å². The maximum atomic E-state index is 9.27. The summed E-state index contributed by atoms with van der Waals surface area (Å²) in [4.78, 5) is 0. The van der Waals surface area contributed by atoms with E-state index < -0.39 is 0 Å². The van der Waals surface area contributed by atoms with Crippen LogP contribution in [0.5, 0.6) is 0 Å². The van der Waals surface area contributed by atoms with Crippen LogP contribution in [0.15, 0.2) is 12.2 Å². The molecule has 0 bridgehead atoms. The number of aliphatic hydroxyl groups excluding tert-OH is 2. The third kappa shape index (κ3) is 6.38. The van der Waals surface area contributed by atoms with Gasteiger partial charge in [0.25, 0.3) is 0 Å². The van der Waals surface area contributed by atoms with Crippen molar-refractivity contribution in [1.82, 2.24) is 0 Å². The molecule has 0 aliphatic carbocycles. The molecule has 0 heterocycles. The molecule has 0 saturated carbocycles. The van der Waals surface area contributed by atoms with E-state index in [1.165, 1.54) is 0 Å². The molecule has 0 radical (unpaired) electrons. The van der Waals surface area contributed by atoms with E-state index in [1.54, 1.807) is 12.2 Å². The number of rotatable bonds is 6. The first-order valence-corrected chi connectivity index (χ1v) is 4.75. The summed E-state index contributed by atoms with van der Waals surface area (Å²) in [5, 5.41) is 18.5. The molecule has 0 fully saturated rings. The van der Waals surface area contributed by atoms with Gasteiger partial charge in [-0.1, -0.05) is 38.8 Å². The van der Waals surface area contributed by atoms with Crippen LogP contribution in [0.2, 0.25) is 0 Å². The quantitative estimate of drug-likeness (QED) is 0.600. The highest BCUT2D eigenvalue weighted by Crippen LogP contribution is 2.01. The number of aliphatic hydroxyl groups is 2. The maximum Gasteiger partial charge on any atom is 0.0721 e. The average Bonchev–Trinajstić information content (AvgIpc) is 2.02. The third-order valence-corrected chi connectivity index (χ3v) is 1.72. The highest BCUT2D eigenvalue weighted by Gasteiger charge is 1.99. The Labute approximate surface area is 74.9 Å². The van der Waals surface area contributed by atoms with Gasteiger partial charge in [0.05, 0.1) is 12.2 Å². The van der Waals surface area contributed by atoms with E-state index >= 15 is 0 Å². The van der Waals surface area contributed by atoms with Crippen molar-refractivity contribution in [2.45, 2.75) is 51.7 Å². The van der Waals surface area contributed by atoms with Crippen molar-refractivity contribution in [1.29, 1.82) is 0 Å². The lowest BCUT2D eigenvalue weighted by Gasteiger charge is -2.05. The Morgan fingerprint density at radius 1 is 0.917 bits per heavy atom. The molecule has 0 amide bonds. The van der Waals surface area contributed by atoms with E-state index in [4.69, 9.17) is 0 Å². The van der Waals surface area contributed by atoms with Crippen molar-refractivity contribution in [2.75, 3.05) is 0 Å². The van der Waals surface area contributed by atoms with Crippen LogP contribution in [0.25, 0.3) is 0 Å². The molecule has 72 valence electrons. The predicted molar refractivity (Wildman–Crippen MR) is 51.0 cm³/mol. The summed E-state index contributed by atoms with van der Waals surface area (Å²) in [5.74, 6) is 0. The highest BCUT2D eigenvalue weighted by molar-refractivity contribution is 4.93. The van der Waals surface area contributed by atoms with Gasteiger partial charge in [0.15, 0.2) is 0 Å². The van der Waals surface area contributed by atoms with Gasteiger partial charge in [0.1, 0.15) is 0 Å². The molecule has 0 aromatic heterocycles. The Balaban J connectivity index is 3.57. The van der Waals surface area contributed by atoms with Crippen molar-refractivity contribution < 1.29 is 10.2 Å². The third-order valence-electron chi connectivity index (χ3n) is 1.72. The highest BCUT2D eigenvalue weighted by atomic mass is 16.3. The van der Waals surface area contributed by atoms with Crippen molar-refractivity contribution in [3.05, 3.63) is 12.2 Å². The summed E-state index contributed by atoms with van der Waals surface area (Å²) < 4.78 is 0. The van der Waals surface area contributed by atoms with Gasteiger partial charge in [-0.25, -0.2) is 0 Å². The second kappa shape index (κ2) is 7.32. The molecule has 2 unspecified atom stereocenters. The summed E-state index contributed by atoms with van der Waals surface area (Å²) in [6.45, 7) is 4.05. The Morgan fingerprint density at radius 2 is 1.25 bits per heavy atom. The molecular formula is C10H20O2. The molecule has 0 aromatic rings. The van der Waals surface area contributed by atoms with Gasteiger partial charge < -0.3 is 10.2 Å². The largest absolute Gasteiger partial charge is 0.389 e. The summed E-state index contributed by atoms with van der Waals surface area (Å²) in [7, 11) is 0. The summed E-state index contributed by atoms with van der Waals surface area (Å²) in [6, 6.07) is 0. The average molecular weight is 172 g/mol. The standard InChI is InChI=1S/C10H20O2/c1-3-5-9(11)7-8-10(12)6-4-2/h7-12H,3-6H2,1-2H3. The van der Waals surface area contributed by atoms with E-state index in [-0.39, 0.29) is 12.2 Å². The Bertz CT molecular complexity index is 107. The monoisotopic (exact) mass is 172 g/mol. The molecule has 2 heteroatoms. The first-order valence-electron chi connectivity index (χ1n) is 4.75. The van der Waals surface area contributed by atoms with Gasteiger partial charge in [-0.3, -0.25) is 0 Å². The van der Waals surface area contributed by atoms with Crippen molar-refractivity contribution in [3.8, 4) is 0 Å². The fourth-order valence-electron chi connectivity index (χ4n) is 1.04. The van der Waals surface area contributed by atoms with Gasteiger partial charge in [-0.15, -0.1) is 0 Å². The van der Waals surface area contributed by atoms with Crippen LogP contribution in [0.4, 0.5) is 0 Å². The lowest BCUT2D eigenvalue weighted by molar-refractivity contribution is 0.195. The maximum absolute atomic E-state index is 9.27. The molecule has 12 heavy (non-hydrogen) atoms. The SMILES string of the molecule is CCCC(O)C=CC(O)CCC. The van der Waals surface area contributed by atoms with Crippen LogP contribution in [0.1, 0.15) is 39.5 Å². The van der Waals surface area contributed by atoms with Gasteiger partial charge in [0.2, 0.25) is 0 Å². The summed E-state index contributed by atoms with van der Waals surface area (Å²) >= 11 is 0. The van der Waals surface area contributed by atoms with Crippen LogP contribution in [0, 0.1) is 0 Å². The second-order valence-electron chi connectivity index (χ2n) is 3.10. The van der Waals surface area contributed by atoms with Crippen molar-refractivity contribution >= 4 is 0 Å². The number of hydrogen-bond donors (Lipinski definition) is 2. The lowest BCUT2D eigenvalue weighted by atomic mass is 10.1. The molecular weight excluding hydrogens is 152 g/mol. The van der Waals surface area contributed by atoms with Gasteiger partial charge in [-0.05, 0) is 12.8 Å². The predicted octanol–water partition coefficient (Wildman–Crippen LogP) is 1.86. The van der Waals surface area contributed by atoms with E-state index in [9.17, 15) is 10.2 Å². The van der Waals surface area contributed by atoms with Crippen LogP contribution >= 0.6 is 0 Å². The fraction of sp³-hybridized carbons (Fsp3) is 0.800. The Kier molecular flexibility index (Phi) is 7.11. The van der Waals surface area contributed by atoms with E-state index in [0.29, 0.717) is 0 Å². The molecule has 2 nitrogen and oxygen atoms in total. The van der Waals surface area contributed by atoms with Crippen LogP contribution < -0.4 is 0 Å². The van der Waals surface area contributed by atoms with Gasteiger partial charge >= 0.3 is 0 Å². The van der Waals surface area contributed by atoms with Gasteiger partial charge in [0, 0.05) is 0 Å². The first-order chi connectivity index (χ1) is 5.70. The topological polar surface area (TPSA) is 40.5 Å². The van der Waals surface area contributed by atoms with Crippen LogP contribution in [0.3, 0.4) is 0 Å². The van der Waals surface area contributed by atoms with E-state index in [1.807, 2.05) is 13.8 Å². The van der Waals surface area contributed by atoms with Gasteiger partial charge in [-0.2, -0.15) is 0 Å². The Hall–Kier alpha value is -0.340.